The topological polar surface area (TPSA) is 66.6 Å². The highest BCUT2D eigenvalue weighted by Crippen LogP contribution is 2.20. The van der Waals surface area contributed by atoms with E-state index in [0.29, 0.717) is 25.2 Å². The molecule has 5 heteroatoms. The van der Waals surface area contributed by atoms with Gasteiger partial charge in [-0.05, 0) is 38.2 Å². The summed E-state index contributed by atoms with van der Waals surface area (Å²) in [4.78, 5) is 27.0. The van der Waals surface area contributed by atoms with Gasteiger partial charge in [-0.1, -0.05) is 0 Å². The highest BCUT2D eigenvalue weighted by molar-refractivity contribution is 5.97. The molecule has 0 aliphatic carbocycles. The zero-order chi connectivity index (χ0) is 14.0. The first-order valence-electron chi connectivity index (χ1n) is 6.34. The Balaban J connectivity index is 2.20. The number of piperazine rings is 1. The van der Waals surface area contributed by atoms with Crippen LogP contribution in [0.2, 0.25) is 0 Å². The van der Waals surface area contributed by atoms with E-state index in [2.05, 4.69) is 0 Å². The fourth-order valence-corrected chi connectivity index (χ4v) is 2.26. The minimum atomic E-state index is 0.0242. The molecule has 0 bridgehead atoms. The number of likely N-dealkylation sites (N-methyl/N-ethyl adjacent to an activating group) is 1. The Hall–Kier alpha value is -1.72. The Morgan fingerprint density at radius 1 is 1.37 bits per heavy atom. The molecular formula is C14H19N3O2. The first-order valence-corrected chi connectivity index (χ1v) is 6.34. The number of rotatable bonds is 3. The number of hydrogen-bond donors (Lipinski definition) is 1. The average molecular weight is 261 g/mol. The lowest BCUT2D eigenvalue weighted by molar-refractivity contribution is -0.121. The summed E-state index contributed by atoms with van der Waals surface area (Å²) < 4.78 is 0. The molecule has 1 heterocycles. The minimum Gasteiger partial charge on any atom is -0.329 e. The number of carbonyl (C=O) groups is 2. The predicted molar refractivity (Wildman–Crippen MR) is 74.3 cm³/mol. The summed E-state index contributed by atoms with van der Waals surface area (Å²) in [5.74, 6) is 0.0823. The van der Waals surface area contributed by atoms with Gasteiger partial charge in [0.2, 0.25) is 5.91 Å². The van der Waals surface area contributed by atoms with Crippen LogP contribution in [0.15, 0.2) is 24.3 Å². The van der Waals surface area contributed by atoms with Gasteiger partial charge in [0.15, 0.2) is 5.78 Å². The van der Waals surface area contributed by atoms with E-state index in [1.165, 1.54) is 6.92 Å². The van der Waals surface area contributed by atoms with Crippen molar-refractivity contribution in [3.8, 4) is 0 Å². The highest BCUT2D eigenvalue weighted by atomic mass is 16.2. The Morgan fingerprint density at radius 2 is 2.00 bits per heavy atom. The molecule has 0 spiro atoms. The third-order valence-electron chi connectivity index (χ3n) is 3.56. The van der Waals surface area contributed by atoms with Crippen LogP contribution in [0, 0.1) is 0 Å². The monoisotopic (exact) mass is 261 g/mol. The lowest BCUT2D eigenvalue weighted by Crippen LogP contribution is -2.57. The van der Waals surface area contributed by atoms with Crippen molar-refractivity contribution < 1.29 is 9.59 Å². The van der Waals surface area contributed by atoms with Crippen molar-refractivity contribution in [2.24, 2.45) is 5.73 Å². The number of carbonyl (C=O) groups excluding carboxylic acids is 2. The Morgan fingerprint density at radius 3 is 2.53 bits per heavy atom. The fraction of sp³-hybridized carbons (Fsp3) is 0.429. The molecule has 1 saturated heterocycles. The maximum atomic E-state index is 12.1. The van der Waals surface area contributed by atoms with Gasteiger partial charge in [-0.2, -0.15) is 0 Å². The number of hydrogen-bond acceptors (Lipinski definition) is 4. The highest BCUT2D eigenvalue weighted by Gasteiger charge is 2.29. The Kier molecular flexibility index (Phi) is 3.97. The van der Waals surface area contributed by atoms with Crippen LogP contribution in [0.4, 0.5) is 5.69 Å². The third-order valence-corrected chi connectivity index (χ3v) is 3.56. The average Bonchev–Trinajstić information content (AvgIpc) is 2.39. The lowest BCUT2D eigenvalue weighted by Gasteiger charge is -2.38. The molecule has 19 heavy (non-hydrogen) atoms. The van der Waals surface area contributed by atoms with Gasteiger partial charge in [0.05, 0.1) is 6.54 Å². The van der Waals surface area contributed by atoms with Crippen LogP contribution in [0.1, 0.15) is 17.3 Å². The molecule has 0 aromatic heterocycles. The van der Waals surface area contributed by atoms with Crippen LogP contribution in [-0.2, 0) is 4.79 Å². The molecule has 1 amide bonds. The third kappa shape index (κ3) is 2.83. The summed E-state index contributed by atoms with van der Waals surface area (Å²) in [5.41, 5.74) is 7.19. The number of Topliss-reactive ketones (excluding diaryl/α,β-unsaturated/α-hetero) is 1. The van der Waals surface area contributed by atoms with E-state index in [1.54, 1.807) is 17.0 Å². The number of ketones is 1. The number of nitrogens with two attached hydrogens (primary N) is 1. The second-order valence-corrected chi connectivity index (χ2v) is 4.91. The second kappa shape index (κ2) is 5.50. The molecule has 0 saturated carbocycles. The lowest BCUT2D eigenvalue weighted by atomic mass is 10.1. The maximum Gasteiger partial charge on any atom is 0.241 e. The van der Waals surface area contributed by atoms with Crippen molar-refractivity contribution in [3.63, 3.8) is 0 Å². The van der Waals surface area contributed by atoms with Crippen molar-refractivity contribution in [1.29, 1.82) is 0 Å². The summed E-state index contributed by atoms with van der Waals surface area (Å²) in [6.45, 7) is 3.01. The first kappa shape index (κ1) is 13.7. The van der Waals surface area contributed by atoms with Gasteiger partial charge in [-0.25, -0.2) is 0 Å². The normalized spacial score (nSPS) is 20.7. The summed E-state index contributed by atoms with van der Waals surface area (Å²) in [6, 6.07) is 7.30. The van der Waals surface area contributed by atoms with Crippen molar-refractivity contribution in [2.45, 2.75) is 13.0 Å². The zero-order valence-corrected chi connectivity index (χ0v) is 11.3. The van der Waals surface area contributed by atoms with Crippen molar-refractivity contribution in [3.05, 3.63) is 29.8 Å². The standard InChI is InChI=1S/C14H19N3O2/c1-10(18)11-3-5-12(6-4-11)17-8-13(7-15)16(2)9-14(17)19/h3-6,13H,7-9,15H2,1-2H3. The van der Waals surface area contributed by atoms with E-state index in [9.17, 15) is 9.59 Å². The second-order valence-electron chi connectivity index (χ2n) is 4.91. The molecule has 1 atom stereocenters. The summed E-state index contributed by atoms with van der Waals surface area (Å²) in [5, 5.41) is 0. The molecule has 1 fully saturated rings. The molecule has 1 aromatic carbocycles. The van der Waals surface area contributed by atoms with E-state index in [4.69, 9.17) is 5.73 Å². The maximum absolute atomic E-state index is 12.1. The molecule has 2 N–H and O–H groups in total. The van der Waals surface area contributed by atoms with E-state index >= 15 is 0 Å². The summed E-state index contributed by atoms with van der Waals surface area (Å²) in [7, 11) is 1.91. The smallest absolute Gasteiger partial charge is 0.241 e. The van der Waals surface area contributed by atoms with Gasteiger partial charge in [-0.15, -0.1) is 0 Å². The fourth-order valence-electron chi connectivity index (χ4n) is 2.26. The summed E-state index contributed by atoms with van der Waals surface area (Å²) in [6.07, 6.45) is 0. The Labute approximate surface area is 113 Å². The van der Waals surface area contributed by atoms with E-state index < -0.39 is 0 Å². The van der Waals surface area contributed by atoms with Crippen molar-refractivity contribution >= 4 is 17.4 Å². The summed E-state index contributed by atoms with van der Waals surface area (Å²) >= 11 is 0. The SMILES string of the molecule is CC(=O)c1ccc(N2CC(CN)N(C)CC2=O)cc1. The zero-order valence-electron chi connectivity index (χ0n) is 11.3. The van der Waals surface area contributed by atoms with Crippen LogP contribution >= 0.6 is 0 Å². The van der Waals surface area contributed by atoms with Crippen molar-refractivity contribution in [2.75, 3.05) is 31.6 Å². The molecule has 1 aliphatic rings. The molecule has 1 aromatic rings. The molecule has 1 aliphatic heterocycles. The van der Waals surface area contributed by atoms with Gasteiger partial charge < -0.3 is 10.6 Å². The van der Waals surface area contributed by atoms with E-state index in [-0.39, 0.29) is 17.7 Å². The predicted octanol–water partition coefficient (Wildman–Crippen LogP) is 0.495. The van der Waals surface area contributed by atoms with Crippen molar-refractivity contribution in [1.82, 2.24) is 4.90 Å². The first-order chi connectivity index (χ1) is 9.02. The molecule has 1 unspecified atom stereocenters. The largest absolute Gasteiger partial charge is 0.329 e. The molecule has 5 nitrogen and oxygen atoms in total. The number of amides is 1. The minimum absolute atomic E-state index is 0.0242. The Bertz CT molecular complexity index is 484. The number of anilines is 1. The van der Waals surface area contributed by atoms with Gasteiger partial charge in [0, 0.05) is 30.4 Å². The molecule has 2 rings (SSSR count). The van der Waals surface area contributed by atoms with Crippen LogP contribution in [-0.4, -0.2) is 49.3 Å². The quantitative estimate of drug-likeness (QED) is 0.804. The van der Waals surface area contributed by atoms with E-state index in [1.807, 2.05) is 24.1 Å². The van der Waals surface area contributed by atoms with Gasteiger partial charge in [0.25, 0.3) is 0 Å². The number of nitrogens with zero attached hydrogens (tertiary/aromatic N) is 2. The van der Waals surface area contributed by atoms with Crippen LogP contribution in [0.5, 0.6) is 0 Å². The van der Waals surface area contributed by atoms with Crippen LogP contribution in [0.25, 0.3) is 0 Å². The van der Waals surface area contributed by atoms with Gasteiger partial charge >= 0.3 is 0 Å². The molecular weight excluding hydrogens is 242 g/mol. The molecule has 0 radical (unpaired) electrons. The van der Waals surface area contributed by atoms with Gasteiger partial charge in [-0.3, -0.25) is 14.5 Å². The van der Waals surface area contributed by atoms with Crippen LogP contribution < -0.4 is 10.6 Å². The van der Waals surface area contributed by atoms with E-state index in [0.717, 1.165) is 5.69 Å². The van der Waals surface area contributed by atoms with Crippen LogP contribution in [0.3, 0.4) is 0 Å². The molecule has 102 valence electrons. The number of benzene rings is 1. The van der Waals surface area contributed by atoms with Gasteiger partial charge in [0.1, 0.15) is 0 Å².